The first-order valence-electron chi connectivity index (χ1n) is 8.44. The molecule has 0 spiro atoms. The van der Waals surface area contributed by atoms with Crippen LogP contribution in [0.2, 0.25) is 0 Å². The van der Waals surface area contributed by atoms with E-state index in [9.17, 15) is 40.3 Å². The van der Waals surface area contributed by atoms with Crippen molar-refractivity contribution in [2.24, 2.45) is 0 Å². The molecule has 0 bridgehead atoms. The van der Waals surface area contributed by atoms with E-state index < -0.39 is 53.7 Å². The molecule has 0 aliphatic heterocycles. The lowest BCUT2D eigenvalue weighted by Gasteiger charge is -2.15. The number of alkyl halides is 6. The van der Waals surface area contributed by atoms with Crippen molar-refractivity contribution in [3.05, 3.63) is 55.9 Å². The molecule has 0 saturated carbocycles. The van der Waals surface area contributed by atoms with E-state index in [0.29, 0.717) is 0 Å². The summed E-state index contributed by atoms with van der Waals surface area (Å²) in [5.41, 5.74) is -2.75. The van der Waals surface area contributed by atoms with Crippen molar-refractivity contribution in [3.63, 3.8) is 0 Å². The van der Waals surface area contributed by atoms with E-state index in [2.05, 4.69) is 25.3 Å². The molecule has 0 unspecified atom stereocenters. The quantitative estimate of drug-likeness (QED) is 0.419. The first-order chi connectivity index (χ1) is 14.4. The molecule has 3 rings (SSSR count). The number of nitrogens with one attached hydrogen (secondary N) is 2. The largest absolute Gasteiger partial charge is 0.471 e. The Morgan fingerprint density at radius 1 is 0.968 bits per heavy atom. The zero-order valence-corrected chi connectivity index (χ0v) is 15.1. The first kappa shape index (κ1) is 22.2. The van der Waals surface area contributed by atoms with E-state index in [1.165, 1.54) is 12.1 Å². The number of benzene rings is 1. The molecule has 7 nitrogen and oxygen atoms in total. The molecular formula is C17H11F7N4O3. The predicted octanol–water partition coefficient (Wildman–Crippen LogP) is 3.47. The zero-order valence-electron chi connectivity index (χ0n) is 15.1. The number of nitrogens with zero attached hydrogens (tertiary/aromatic N) is 2. The third kappa shape index (κ3) is 5.00. The number of rotatable bonds is 7. The summed E-state index contributed by atoms with van der Waals surface area (Å²) in [6.45, 7) is -0.957. The fraction of sp³-hybridized carbons (Fsp3) is 0.294. The summed E-state index contributed by atoms with van der Waals surface area (Å²) in [5.74, 6) is -2.99. The number of anilines is 2. The molecule has 0 fully saturated rings. The van der Waals surface area contributed by atoms with E-state index in [4.69, 9.17) is 0 Å². The monoisotopic (exact) mass is 452 g/mol. The molecule has 0 amide bonds. The third-order valence-corrected chi connectivity index (χ3v) is 4.06. The van der Waals surface area contributed by atoms with Gasteiger partial charge in [0.15, 0.2) is 0 Å². The Hall–Kier alpha value is -3.45. The minimum absolute atomic E-state index is 0.0439. The highest BCUT2D eigenvalue weighted by atomic mass is 19.4. The third-order valence-electron chi connectivity index (χ3n) is 4.06. The standard InChI is InChI=1S/C17H11F7N4O3/c18-9-5-7(14-27-15(31-28-14)17(22,23)24)1-2-8(9)6-26-11-10(12(29)13(11)30)25-4-3-16(19,20)21/h1-2,5,25-26H,3-4,6H2. The number of hydrogen-bond donors (Lipinski definition) is 2. The van der Waals surface area contributed by atoms with E-state index in [1.807, 2.05) is 0 Å². The van der Waals surface area contributed by atoms with Gasteiger partial charge in [0.25, 0.3) is 10.9 Å². The Kier molecular flexibility index (Phi) is 5.74. The second kappa shape index (κ2) is 8.00. The van der Waals surface area contributed by atoms with Crippen LogP contribution in [0, 0.1) is 5.82 Å². The van der Waals surface area contributed by atoms with Crippen LogP contribution in [-0.2, 0) is 12.7 Å². The molecule has 0 atom stereocenters. The van der Waals surface area contributed by atoms with Crippen molar-refractivity contribution in [2.45, 2.75) is 25.3 Å². The van der Waals surface area contributed by atoms with Crippen LogP contribution in [0.15, 0.2) is 32.3 Å². The average molecular weight is 452 g/mol. The summed E-state index contributed by atoms with van der Waals surface area (Å²) < 4.78 is 92.5. The van der Waals surface area contributed by atoms with Crippen LogP contribution < -0.4 is 21.5 Å². The van der Waals surface area contributed by atoms with E-state index in [1.54, 1.807) is 0 Å². The summed E-state index contributed by atoms with van der Waals surface area (Å²) in [7, 11) is 0. The SMILES string of the molecule is O=c1c(NCCC(F)(F)F)c(NCc2ccc(-c3noc(C(F)(F)F)n3)cc2F)c1=O. The second-order valence-electron chi connectivity index (χ2n) is 6.28. The summed E-state index contributed by atoms with van der Waals surface area (Å²) in [6, 6.07) is 3.21. The van der Waals surface area contributed by atoms with Gasteiger partial charge in [0.1, 0.15) is 17.2 Å². The van der Waals surface area contributed by atoms with Gasteiger partial charge in [0.2, 0.25) is 5.82 Å². The van der Waals surface area contributed by atoms with Crippen molar-refractivity contribution in [1.29, 1.82) is 0 Å². The maximum atomic E-state index is 14.3. The van der Waals surface area contributed by atoms with Gasteiger partial charge in [0.05, 0.1) is 6.42 Å². The fourth-order valence-electron chi connectivity index (χ4n) is 2.53. The Balaban J connectivity index is 1.68. The van der Waals surface area contributed by atoms with E-state index in [-0.39, 0.29) is 29.0 Å². The molecule has 31 heavy (non-hydrogen) atoms. The lowest BCUT2D eigenvalue weighted by atomic mass is 10.1. The normalized spacial score (nSPS) is 12.4. The maximum absolute atomic E-state index is 14.3. The van der Waals surface area contributed by atoms with Crippen molar-refractivity contribution in [2.75, 3.05) is 17.2 Å². The number of hydrogen-bond acceptors (Lipinski definition) is 7. The van der Waals surface area contributed by atoms with Crippen LogP contribution in [0.5, 0.6) is 0 Å². The van der Waals surface area contributed by atoms with Crippen molar-refractivity contribution in [1.82, 2.24) is 10.1 Å². The highest BCUT2D eigenvalue weighted by Gasteiger charge is 2.38. The van der Waals surface area contributed by atoms with Gasteiger partial charge in [-0.15, -0.1) is 0 Å². The Bertz CT molecular complexity index is 1160. The molecule has 166 valence electrons. The zero-order chi connectivity index (χ0) is 23.0. The van der Waals surface area contributed by atoms with Crippen LogP contribution in [0.25, 0.3) is 11.4 Å². The summed E-state index contributed by atoms with van der Waals surface area (Å²) in [6.07, 6.45) is -10.5. The molecule has 2 N–H and O–H groups in total. The minimum atomic E-state index is -4.86. The van der Waals surface area contributed by atoms with Crippen LogP contribution in [0.1, 0.15) is 17.9 Å². The molecule has 0 radical (unpaired) electrons. The summed E-state index contributed by atoms with van der Waals surface area (Å²) in [4.78, 5) is 26.3. The fourth-order valence-corrected chi connectivity index (χ4v) is 2.53. The van der Waals surface area contributed by atoms with Crippen LogP contribution in [-0.4, -0.2) is 22.9 Å². The molecule has 2 aromatic carbocycles. The van der Waals surface area contributed by atoms with Crippen molar-refractivity contribution in [3.8, 4) is 11.4 Å². The van der Waals surface area contributed by atoms with Gasteiger partial charge in [-0.2, -0.15) is 31.3 Å². The average Bonchev–Trinajstić information content (AvgIpc) is 3.17. The highest BCUT2D eigenvalue weighted by molar-refractivity contribution is 5.74. The Morgan fingerprint density at radius 2 is 1.61 bits per heavy atom. The van der Waals surface area contributed by atoms with E-state index >= 15 is 0 Å². The maximum Gasteiger partial charge on any atom is 0.471 e. The minimum Gasteiger partial charge on any atom is -0.380 e. The molecule has 1 heterocycles. The van der Waals surface area contributed by atoms with E-state index in [0.717, 1.165) is 6.07 Å². The molecular weight excluding hydrogens is 441 g/mol. The molecule has 0 aliphatic rings. The van der Waals surface area contributed by atoms with Crippen LogP contribution in [0.3, 0.4) is 0 Å². The molecule has 0 saturated heterocycles. The van der Waals surface area contributed by atoms with Gasteiger partial charge in [-0.1, -0.05) is 17.3 Å². The van der Waals surface area contributed by atoms with Gasteiger partial charge in [-0.05, 0) is 6.07 Å². The molecule has 3 aromatic rings. The first-order valence-corrected chi connectivity index (χ1v) is 8.44. The van der Waals surface area contributed by atoms with Gasteiger partial charge in [0, 0.05) is 24.2 Å². The number of halogens is 7. The van der Waals surface area contributed by atoms with Crippen molar-refractivity contribution >= 4 is 11.4 Å². The highest BCUT2D eigenvalue weighted by Crippen LogP contribution is 2.30. The Morgan fingerprint density at radius 3 is 2.16 bits per heavy atom. The molecule has 0 aliphatic carbocycles. The smallest absolute Gasteiger partial charge is 0.380 e. The molecule has 14 heteroatoms. The summed E-state index contributed by atoms with van der Waals surface area (Å²) >= 11 is 0. The van der Waals surface area contributed by atoms with Crippen LogP contribution >= 0.6 is 0 Å². The number of aromatic nitrogens is 2. The second-order valence-corrected chi connectivity index (χ2v) is 6.28. The lowest BCUT2D eigenvalue weighted by Crippen LogP contribution is -2.37. The van der Waals surface area contributed by atoms with Gasteiger partial charge >= 0.3 is 18.2 Å². The van der Waals surface area contributed by atoms with Gasteiger partial charge in [-0.3, -0.25) is 9.59 Å². The summed E-state index contributed by atoms with van der Waals surface area (Å²) in [5, 5.41) is 7.81. The van der Waals surface area contributed by atoms with Crippen molar-refractivity contribution < 1.29 is 35.3 Å². The predicted molar refractivity (Wildman–Crippen MR) is 92.5 cm³/mol. The Labute approximate surface area is 167 Å². The van der Waals surface area contributed by atoms with Gasteiger partial charge in [-0.25, -0.2) is 4.39 Å². The lowest BCUT2D eigenvalue weighted by molar-refractivity contribution is -0.159. The van der Waals surface area contributed by atoms with Gasteiger partial charge < -0.3 is 15.2 Å². The molecule has 1 aromatic heterocycles. The van der Waals surface area contributed by atoms with Crippen LogP contribution in [0.4, 0.5) is 42.1 Å². The topological polar surface area (TPSA) is 97.1 Å².